The normalized spacial score (nSPS) is 24.3. The monoisotopic (exact) mass is 353 g/mol. The van der Waals surface area contributed by atoms with E-state index in [1.165, 1.54) is 6.33 Å². The fraction of sp³-hybridized carbons (Fsp3) is 0.450. The first kappa shape index (κ1) is 17.0. The predicted molar refractivity (Wildman–Crippen MR) is 98.2 cm³/mol. The van der Waals surface area contributed by atoms with E-state index in [4.69, 9.17) is 14.5 Å². The van der Waals surface area contributed by atoms with Crippen LogP contribution in [0.1, 0.15) is 48.8 Å². The average Bonchev–Trinajstić information content (AvgIpc) is 2.68. The maximum Gasteiger partial charge on any atom is 0.161 e. The second-order valence-electron chi connectivity index (χ2n) is 6.77. The summed E-state index contributed by atoms with van der Waals surface area (Å²) in [7, 11) is 1.64. The highest BCUT2D eigenvalue weighted by atomic mass is 16.5. The van der Waals surface area contributed by atoms with Gasteiger partial charge in [-0.05, 0) is 43.9 Å². The van der Waals surface area contributed by atoms with Crippen LogP contribution in [0.2, 0.25) is 0 Å². The van der Waals surface area contributed by atoms with Gasteiger partial charge in [0.05, 0.1) is 31.6 Å². The van der Waals surface area contributed by atoms with Crippen molar-refractivity contribution in [2.24, 2.45) is 4.99 Å². The molecule has 1 N–H and O–H groups in total. The van der Waals surface area contributed by atoms with Crippen molar-refractivity contribution in [3.63, 3.8) is 0 Å². The van der Waals surface area contributed by atoms with Crippen molar-refractivity contribution in [2.45, 2.75) is 44.2 Å². The fourth-order valence-electron chi connectivity index (χ4n) is 4.02. The number of aliphatic hydroxyl groups is 1. The van der Waals surface area contributed by atoms with Gasteiger partial charge in [0.15, 0.2) is 11.5 Å². The lowest BCUT2D eigenvalue weighted by atomic mass is 9.74. The van der Waals surface area contributed by atoms with Crippen molar-refractivity contribution in [2.75, 3.05) is 13.7 Å². The van der Waals surface area contributed by atoms with Crippen LogP contribution in [0.3, 0.4) is 0 Å². The van der Waals surface area contributed by atoms with E-state index >= 15 is 0 Å². The van der Waals surface area contributed by atoms with Crippen molar-refractivity contribution in [1.82, 2.24) is 9.97 Å². The Morgan fingerprint density at radius 2 is 1.96 bits per heavy atom. The van der Waals surface area contributed by atoms with Crippen molar-refractivity contribution in [3.05, 3.63) is 47.5 Å². The average molecular weight is 353 g/mol. The Morgan fingerprint density at radius 1 is 1.15 bits per heavy atom. The molecule has 2 aliphatic rings. The lowest BCUT2D eigenvalue weighted by Gasteiger charge is -2.37. The molecule has 2 heterocycles. The van der Waals surface area contributed by atoms with Gasteiger partial charge in [0, 0.05) is 29.4 Å². The third-order valence-corrected chi connectivity index (χ3v) is 5.21. The lowest BCUT2D eigenvalue weighted by Crippen LogP contribution is -2.34. The molecule has 6 nitrogen and oxygen atoms in total. The first-order valence-electron chi connectivity index (χ1n) is 9.07. The molecule has 136 valence electrons. The Bertz CT molecular complexity index is 823. The highest BCUT2D eigenvalue weighted by Crippen LogP contribution is 2.44. The summed E-state index contributed by atoms with van der Waals surface area (Å²) in [5.41, 5.74) is 3.95. The van der Waals surface area contributed by atoms with Crippen molar-refractivity contribution < 1.29 is 14.6 Å². The van der Waals surface area contributed by atoms with E-state index in [-0.39, 0.29) is 18.1 Å². The molecule has 1 aliphatic heterocycles. The minimum absolute atomic E-state index is 0.156. The summed E-state index contributed by atoms with van der Waals surface area (Å²) in [6.07, 6.45) is 7.20. The molecule has 1 aromatic carbocycles. The molecule has 1 saturated carbocycles. The number of aromatic nitrogens is 2. The standard InChI is InChI=1S/C20H23N3O3/c1-3-26-19-7-14-15-6-13(24)4-5-17(15)23-20(12-9-21-11-22-10-12)16(14)8-18(19)25-2/h7-11,13,15,17,24H,3-6H2,1-2H3/t13-,15-,17-/m1/s1. The molecule has 4 rings (SSSR count). The Morgan fingerprint density at radius 3 is 2.69 bits per heavy atom. The van der Waals surface area contributed by atoms with Crippen molar-refractivity contribution in [1.29, 1.82) is 0 Å². The van der Waals surface area contributed by atoms with Crippen LogP contribution in [0.25, 0.3) is 0 Å². The molecule has 0 radical (unpaired) electrons. The van der Waals surface area contributed by atoms with E-state index < -0.39 is 0 Å². The fourth-order valence-corrected chi connectivity index (χ4v) is 4.02. The van der Waals surface area contributed by atoms with Gasteiger partial charge in [-0.2, -0.15) is 0 Å². The summed E-state index contributed by atoms with van der Waals surface area (Å²) < 4.78 is 11.3. The topological polar surface area (TPSA) is 76.8 Å². The van der Waals surface area contributed by atoms with Gasteiger partial charge in [0.2, 0.25) is 0 Å². The third kappa shape index (κ3) is 2.94. The van der Waals surface area contributed by atoms with E-state index in [1.54, 1.807) is 19.5 Å². The predicted octanol–water partition coefficient (Wildman–Crippen LogP) is 2.73. The Hall–Kier alpha value is -2.47. The van der Waals surface area contributed by atoms with Crippen LogP contribution < -0.4 is 9.47 Å². The maximum atomic E-state index is 10.2. The molecule has 2 aromatic rings. The second-order valence-corrected chi connectivity index (χ2v) is 6.77. The molecule has 26 heavy (non-hydrogen) atoms. The van der Waals surface area contributed by atoms with Gasteiger partial charge in [-0.15, -0.1) is 0 Å². The van der Waals surface area contributed by atoms with Crippen LogP contribution in [0.5, 0.6) is 11.5 Å². The Kier molecular flexibility index (Phi) is 4.59. The summed E-state index contributed by atoms with van der Waals surface area (Å²) in [6.45, 7) is 2.53. The Labute approximate surface area is 152 Å². The number of nitrogens with zero attached hydrogens (tertiary/aromatic N) is 3. The maximum absolute atomic E-state index is 10.2. The highest BCUT2D eigenvalue weighted by Gasteiger charge is 2.37. The third-order valence-electron chi connectivity index (χ3n) is 5.21. The number of hydrogen-bond donors (Lipinski definition) is 1. The molecular formula is C20H23N3O3. The van der Waals surface area contributed by atoms with E-state index in [2.05, 4.69) is 16.0 Å². The van der Waals surface area contributed by atoms with Crippen LogP contribution in [0, 0.1) is 0 Å². The zero-order valence-corrected chi connectivity index (χ0v) is 15.1. The molecule has 1 aliphatic carbocycles. The smallest absolute Gasteiger partial charge is 0.161 e. The zero-order valence-electron chi connectivity index (χ0n) is 15.1. The van der Waals surface area contributed by atoms with Gasteiger partial charge < -0.3 is 14.6 Å². The van der Waals surface area contributed by atoms with Crippen molar-refractivity contribution in [3.8, 4) is 11.5 Å². The van der Waals surface area contributed by atoms with E-state index in [1.807, 2.05) is 13.0 Å². The number of methoxy groups -OCH3 is 1. The molecule has 0 saturated heterocycles. The van der Waals surface area contributed by atoms with Gasteiger partial charge in [-0.25, -0.2) is 9.97 Å². The summed E-state index contributed by atoms with van der Waals surface area (Å²) in [5.74, 6) is 1.61. The lowest BCUT2D eigenvalue weighted by molar-refractivity contribution is 0.111. The van der Waals surface area contributed by atoms with E-state index in [0.29, 0.717) is 12.4 Å². The largest absolute Gasteiger partial charge is 0.493 e. The number of benzene rings is 1. The van der Waals surface area contributed by atoms with Crippen LogP contribution in [0.15, 0.2) is 35.8 Å². The van der Waals surface area contributed by atoms with Crippen molar-refractivity contribution >= 4 is 5.71 Å². The van der Waals surface area contributed by atoms with Crippen LogP contribution in [-0.4, -0.2) is 46.6 Å². The first-order valence-corrected chi connectivity index (χ1v) is 9.07. The number of aliphatic imine (C=N–C) groups is 1. The number of fused-ring (bicyclic) bond motifs is 3. The number of ether oxygens (including phenoxy) is 2. The first-order chi connectivity index (χ1) is 12.7. The highest BCUT2D eigenvalue weighted by molar-refractivity contribution is 6.14. The van der Waals surface area contributed by atoms with Crippen LogP contribution in [-0.2, 0) is 0 Å². The SMILES string of the molecule is CCOc1cc2c(cc1OC)C(c1cncnc1)=N[C@@H]1CC[C@@H](O)C[C@H]21. The number of rotatable bonds is 4. The van der Waals surface area contributed by atoms with Crippen LogP contribution in [0.4, 0.5) is 0 Å². The molecule has 0 unspecified atom stereocenters. The summed E-state index contributed by atoms with van der Waals surface area (Å²) in [4.78, 5) is 13.3. The molecular weight excluding hydrogens is 330 g/mol. The Balaban J connectivity index is 1.89. The molecule has 0 bridgehead atoms. The second kappa shape index (κ2) is 7.03. The molecule has 3 atom stereocenters. The van der Waals surface area contributed by atoms with Gasteiger partial charge in [0.25, 0.3) is 0 Å². The number of hydrogen-bond acceptors (Lipinski definition) is 6. The van der Waals surface area contributed by atoms with E-state index in [0.717, 1.165) is 47.4 Å². The minimum Gasteiger partial charge on any atom is -0.493 e. The van der Waals surface area contributed by atoms with Gasteiger partial charge >= 0.3 is 0 Å². The zero-order chi connectivity index (χ0) is 18.1. The van der Waals surface area contributed by atoms with Gasteiger partial charge in [-0.1, -0.05) is 0 Å². The van der Waals surface area contributed by atoms with Crippen LogP contribution >= 0.6 is 0 Å². The van der Waals surface area contributed by atoms with E-state index in [9.17, 15) is 5.11 Å². The molecule has 1 fully saturated rings. The minimum atomic E-state index is -0.279. The quantitative estimate of drug-likeness (QED) is 0.914. The van der Waals surface area contributed by atoms with Gasteiger partial charge in [-0.3, -0.25) is 4.99 Å². The summed E-state index contributed by atoms with van der Waals surface area (Å²) in [5, 5.41) is 10.2. The summed E-state index contributed by atoms with van der Waals surface area (Å²) >= 11 is 0. The molecule has 1 aromatic heterocycles. The molecule has 0 amide bonds. The summed E-state index contributed by atoms with van der Waals surface area (Å²) in [6, 6.07) is 4.21. The molecule has 6 heteroatoms. The number of aliphatic hydroxyl groups excluding tert-OH is 1. The van der Waals surface area contributed by atoms with Gasteiger partial charge in [0.1, 0.15) is 6.33 Å². The molecule has 0 spiro atoms.